The second kappa shape index (κ2) is 7.27. The molecule has 1 amide bonds. The lowest BCUT2D eigenvalue weighted by Crippen LogP contribution is -2.13. The molecule has 122 valence electrons. The van der Waals surface area contributed by atoms with Crippen LogP contribution in [0.25, 0.3) is 10.6 Å². The number of nitrogens with one attached hydrogen (secondary N) is 1. The SMILES string of the molecule is O=C(CCc1csc(-c2ccncc2)n1)Nc1ccc(F)cc1F. The van der Waals surface area contributed by atoms with E-state index in [-0.39, 0.29) is 18.0 Å². The molecular weight excluding hydrogens is 332 g/mol. The topological polar surface area (TPSA) is 54.9 Å². The summed E-state index contributed by atoms with van der Waals surface area (Å²) in [7, 11) is 0. The number of hydrogen-bond acceptors (Lipinski definition) is 4. The Kier molecular flexibility index (Phi) is 4.90. The first-order valence-electron chi connectivity index (χ1n) is 7.21. The Balaban J connectivity index is 1.58. The lowest BCUT2D eigenvalue weighted by atomic mass is 10.2. The van der Waals surface area contributed by atoms with Crippen molar-refractivity contribution in [2.45, 2.75) is 12.8 Å². The van der Waals surface area contributed by atoms with Crippen molar-refractivity contribution in [2.24, 2.45) is 0 Å². The highest BCUT2D eigenvalue weighted by atomic mass is 32.1. The van der Waals surface area contributed by atoms with Gasteiger partial charge in [-0.05, 0) is 30.7 Å². The van der Waals surface area contributed by atoms with Gasteiger partial charge in [0, 0.05) is 35.8 Å². The number of anilines is 1. The number of halogens is 2. The number of nitrogens with zero attached hydrogens (tertiary/aromatic N) is 2. The molecule has 0 aliphatic carbocycles. The van der Waals surface area contributed by atoms with Gasteiger partial charge in [0.2, 0.25) is 5.91 Å². The molecule has 0 bridgehead atoms. The molecule has 0 saturated carbocycles. The molecule has 0 saturated heterocycles. The Labute approximate surface area is 141 Å². The van der Waals surface area contributed by atoms with Gasteiger partial charge in [0.15, 0.2) is 0 Å². The molecule has 1 N–H and O–H groups in total. The molecule has 0 atom stereocenters. The minimum Gasteiger partial charge on any atom is -0.324 e. The van der Waals surface area contributed by atoms with Crippen LogP contribution in [0, 0.1) is 11.6 Å². The summed E-state index contributed by atoms with van der Waals surface area (Å²) in [6.45, 7) is 0. The second-order valence-corrected chi connectivity index (χ2v) is 5.91. The third kappa shape index (κ3) is 3.99. The number of hydrogen-bond donors (Lipinski definition) is 1. The maximum Gasteiger partial charge on any atom is 0.224 e. The van der Waals surface area contributed by atoms with Crippen molar-refractivity contribution < 1.29 is 13.6 Å². The molecule has 0 fully saturated rings. The molecule has 3 aromatic rings. The summed E-state index contributed by atoms with van der Waals surface area (Å²) in [5.74, 6) is -1.83. The van der Waals surface area contributed by atoms with E-state index in [1.54, 1.807) is 12.4 Å². The molecule has 24 heavy (non-hydrogen) atoms. The normalized spacial score (nSPS) is 10.6. The highest BCUT2D eigenvalue weighted by Crippen LogP contribution is 2.23. The van der Waals surface area contributed by atoms with E-state index in [9.17, 15) is 13.6 Å². The third-order valence-electron chi connectivity index (χ3n) is 3.29. The number of thiazole rings is 1. The summed E-state index contributed by atoms with van der Waals surface area (Å²) in [6, 6.07) is 6.77. The number of amides is 1. The zero-order valence-corrected chi connectivity index (χ0v) is 13.3. The molecular formula is C17H13F2N3OS. The van der Waals surface area contributed by atoms with Gasteiger partial charge in [-0.15, -0.1) is 11.3 Å². The highest BCUT2D eigenvalue weighted by Gasteiger charge is 2.10. The van der Waals surface area contributed by atoms with Crippen molar-refractivity contribution in [1.29, 1.82) is 0 Å². The predicted octanol–water partition coefficient (Wildman–Crippen LogP) is 4.05. The maximum absolute atomic E-state index is 13.5. The lowest BCUT2D eigenvalue weighted by Gasteiger charge is -2.05. The fourth-order valence-corrected chi connectivity index (χ4v) is 2.95. The first kappa shape index (κ1) is 16.2. The Morgan fingerprint density at radius 1 is 1.17 bits per heavy atom. The number of carbonyl (C=O) groups excluding carboxylic acids is 1. The molecule has 1 aromatic carbocycles. The van der Waals surface area contributed by atoms with Gasteiger partial charge in [0.05, 0.1) is 11.4 Å². The number of rotatable bonds is 5. The minimum absolute atomic E-state index is 0.0304. The largest absolute Gasteiger partial charge is 0.324 e. The van der Waals surface area contributed by atoms with Crippen molar-refractivity contribution in [3.63, 3.8) is 0 Å². The molecule has 0 radical (unpaired) electrons. The summed E-state index contributed by atoms with van der Waals surface area (Å²) < 4.78 is 26.3. The predicted molar refractivity (Wildman–Crippen MR) is 88.7 cm³/mol. The van der Waals surface area contributed by atoms with Crippen molar-refractivity contribution in [2.75, 3.05) is 5.32 Å². The van der Waals surface area contributed by atoms with E-state index in [4.69, 9.17) is 0 Å². The van der Waals surface area contributed by atoms with Crippen LogP contribution in [-0.4, -0.2) is 15.9 Å². The van der Waals surface area contributed by atoms with Crippen LogP contribution in [0.15, 0.2) is 48.1 Å². The van der Waals surface area contributed by atoms with E-state index in [0.29, 0.717) is 6.42 Å². The zero-order chi connectivity index (χ0) is 16.9. The summed E-state index contributed by atoms with van der Waals surface area (Å²) in [5, 5.41) is 5.18. The molecule has 3 rings (SSSR count). The molecule has 0 unspecified atom stereocenters. The second-order valence-electron chi connectivity index (χ2n) is 5.05. The summed E-state index contributed by atoms with van der Waals surface area (Å²) >= 11 is 1.49. The zero-order valence-electron chi connectivity index (χ0n) is 12.5. The van der Waals surface area contributed by atoms with Crippen LogP contribution in [0.2, 0.25) is 0 Å². The Hall–Kier alpha value is -2.67. The summed E-state index contributed by atoms with van der Waals surface area (Å²) in [4.78, 5) is 20.3. The van der Waals surface area contributed by atoms with Crippen LogP contribution < -0.4 is 5.32 Å². The van der Waals surface area contributed by atoms with Crippen LogP contribution in [-0.2, 0) is 11.2 Å². The van der Waals surface area contributed by atoms with E-state index in [2.05, 4.69) is 15.3 Å². The van der Waals surface area contributed by atoms with Gasteiger partial charge in [-0.1, -0.05) is 0 Å². The van der Waals surface area contributed by atoms with Crippen molar-refractivity contribution in [3.05, 3.63) is 65.4 Å². The van der Waals surface area contributed by atoms with E-state index in [1.807, 2.05) is 17.5 Å². The molecule has 0 aliphatic heterocycles. The lowest BCUT2D eigenvalue weighted by molar-refractivity contribution is -0.116. The van der Waals surface area contributed by atoms with E-state index in [0.717, 1.165) is 28.4 Å². The third-order valence-corrected chi connectivity index (χ3v) is 4.23. The fraction of sp³-hybridized carbons (Fsp3) is 0.118. The molecule has 2 heterocycles. The smallest absolute Gasteiger partial charge is 0.224 e. The van der Waals surface area contributed by atoms with Crippen molar-refractivity contribution >= 4 is 22.9 Å². The quantitative estimate of drug-likeness (QED) is 0.759. The summed E-state index contributed by atoms with van der Waals surface area (Å²) in [6.07, 6.45) is 3.99. The Morgan fingerprint density at radius 3 is 2.71 bits per heavy atom. The monoisotopic (exact) mass is 345 g/mol. The molecule has 2 aromatic heterocycles. The van der Waals surface area contributed by atoms with Crippen molar-refractivity contribution in [1.82, 2.24) is 9.97 Å². The van der Waals surface area contributed by atoms with E-state index < -0.39 is 11.6 Å². The molecule has 7 heteroatoms. The van der Waals surface area contributed by atoms with Crippen molar-refractivity contribution in [3.8, 4) is 10.6 Å². The van der Waals surface area contributed by atoms with Crippen LogP contribution in [0.1, 0.15) is 12.1 Å². The number of aromatic nitrogens is 2. The molecule has 4 nitrogen and oxygen atoms in total. The average Bonchev–Trinajstić information content (AvgIpc) is 3.05. The number of aryl methyl sites for hydroxylation is 1. The Morgan fingerprint density at radius 2 is 1.96 bits per heavy atom. The number of benzene rings is 1. The molecule has 0 aliphatic rings. The fourth-order valence-electron chi connectivity index (χ4n) is 2.09. The van der Waals surface area contributed by atoms with Gasteiger partial charge in [-0.2, -0.15) is 0 Å². The van der Waals surface area contributed by atoms with E-state index in [1.165, 1.54) is 17.4 Å². The van der Waals surface area contributed by atoms with Gasteiger partial charge < -0.3 is 5.32 Å². The van der Waals surface area contributed by atoms with Crippen LogP contribution in [0.3, 0.4) is 0 Å². The van der Waals surface area contributed by atoms with E-state index >= 15 is 0 Å². The molecule has 0 spiro atoms. The van der Waals surface area contributed by atoms with Gasteiger partial charge in [-0.25, -0.2) is 13.8 Å². The van der Waals surface area contributed by atoms with Crippen LogP contribution >= 0.6 is 11.3 Å². The van der Waals surface area contributed by atoms with Gasteiger partial charge in [-0.3, -0.25) is 9.78 Å². The Bertz CT molecular complexity index is 852. The highest BCUT2D eigenvalue weighted by molar-refractivity contribution is 7.13. The first-order valence-corrected chi connectivity index (χ1v) is 8.09. The van der Waals surface area contributed by atoms with Crippen LogP contribution in [0.4, 0.5) is 14.5 Å². The van der Waals surface area contributed by atoms with Crippen LogP contribution in [0.5, 0.6) is 0 Å². The first-order chi connectivity index (χ1) is 11.6. The van der Waals surface area contributed by atoms with Gasteiger partial charge >= 0.3 is 0 Å². The number of carbonyl (C=O) groups is 1. The standard InChI is InChI=1S/C17H13F2N3OS/c18-12-1-3-15(14(19)9-12)22-16(23)4-2-13-10-24-17(21-13)11-5-7-20-8-6-11/h1,3,5-10H,2,4H2,(H,22,23). The number of pyridine rings is 1. The van der Waals surface area contributed by atoms with Gasteiger partial charge in [0.25, 0.3) is 0 Å². The van der Waals surface area contributed by atoms with Gasteiger partial charge in [0.1, 0.15) is 16.6 Å². The average molecular weight is 345 g/mol. The summed E-state index contributed by atoms with van der Waals surface area (Å²) in [5.41, 5.74) is 1.73. The minimum atomic E-state index is -0.794. The maximum atomic E-state index is 13.5.